The van der Waals surface area contributed by atoms with Gasteiger partial charge in [0.05, 0.1) is 29.6 Å². The number of carbonyl (C=O) groups excluding carboxylic acids is 1. The Balaban J connectivity index is 1.26. The topological polar surface area (TPSA) is 86.4 Å². The highest BCUT2D eigenvalue weighted by atomic mass is 16.5. The number of rotatable bonds is 5. The molecule has 3 fully saturated rings. The van der Waals surface area contributed by atoms with Gasteiger partial charge >= 0.3 is 0 Å². The maximum absolute atomic E-state index is 13.2. The second kappa shape index (κ2) is 7.86. The van der Waals surface area contributed by atoms with Crippen molar-refractivity contribution in [1.29, 1.82) is 0 Å². The molecule has 1 amide bonds. The number of piperidine rings is 1. The summed E-state index contributed by atoms with van der Waals surface area (Å²) < 4.78 is 11.7. The number of furan rings is 1. The second-order valence-corrected chi connectivity index (χ2v) is 11.6. The van der Waals surface area contributed by atoms with Crippen LogP contribution in [0.2, 0.25) is 0 Å². The summed E-state index contributed by atoms with van der Waals surface area (Å²) in [6, 6.07) is 5.39. The summed E-state index contributed by atoms with van der Waals surface area (Å²) >= 11 is 0. The SMILES string of the molecule is CN(C(=O)/C=C/c1ccoc1)[C@H]1CC[C@@]2(O)[C@H]3Cc4ccc(O)c5c4[C@@]2(CCN3CC2CCC2)[C@H]1O5. The number of carbonyl (C=O) groups is 1. The lowest BCUT2D eigenvalue weighted by molar-refractivity contribution is -0.201. The maximum atomic E-state index is 13.2. The molecule has 7 rings (SSSR count). The van der Waals surface area contributed by atoms with Crippen LogP contribution in [0.4, 0.5) is 0 Å². The van der Waals surface area contributed by atoms with E-state index in [0.29, 0.717) is 18.6 Å². The molecule has 3 aliphatic carbocycles. The Labute approximate surface area is 211 Å². The Kier molecular flexibility index (Phi) is 4.90. The van der Waals surface area contributed by atoms with Crippen LogP contribution in [0.15, 0.2) is 41.2 Å². The first-order valence-corrected chi connectivity index (χ1v) is 13.4. The van der Waals surface area contributed by atoms with Crippen molar-refractivity contribution in [3.05, 3.63) is 53.5 Å². The fourth-order valence-electron chi connectivity index (χ4n) is 8.05. The van der Waals surface area contributed by atoms with Crippen molar-refractivity contribution < 1.29 is 24.2 Å². The molecule has 1 spiro atoms. The van der Waals surface area contributed by atoms with Gasteiger partial charge in [-0.25, -0.2) is 0 Å². The zero-order chi connectivity index (χ0) is 24.7. The fourth-order valence-corrected chi connectivity index (χ4v) is 8.05. The summed E-state index contributed by atoms with van der Waals surface area (Å²) in [6.07, 6.45) is 12.8. The Morgan fingerprint density at radius 3 is 2.86 bits per heavy atom. The largest absolute Gasteiger partial charge is 0.504 e. The molecule has 7 nitrogen and oxygen atoms in total. The smallest absolute Gasteiger partial charge is 0.246 e. The Bertz CT molecular complexity index is 1220. The van der Waals surface area contributed by atoms with Crippen LogP contribution in [0.5, 0.6) is 11.5 Å². The zero-order valence-electron chi connectivity index (χ0n) is 20.7. The van der Waals surface area contributed by atoms with Crippen LogP contribution in [0.3, 0.4) is 0 Å². The van der Waals surface area contributed by atoms with E-state index in [1.807, 2.05) is 19.2 Å². The van der Waals surface area contributed by atoms with E-state index in [0.717, 1.165) is 43.0 Å². The lowest BCUT2D eigenvalue weighted by Crippen LogP contribution is -2.78. The van der Waals surface area contributed by atoms with Crippen LogP contribution in [-0.2, 0) is 16.6 Å². The Hall–Kier alpha value is -2.77. The summed E-state index contributed by atoms with van der Waals surface area (Å²) in [5.74, 6) is 1.27. The van der Waals surface area contributed by atoms with Crippen molar-refractivity contribution in [3.8, 4) is 11.5 Å². The molecule has 0 unspecified atom stereocenters. The first kappa shape index (κ1) is 22.4. The average Bonchev–Trinajstić information content (AvgIpc) is 3.48. The Morgan fingerprint density at radius 1 is 1.25 bits per heavy atom. The molecule has 1 aromatic carbocycles. The molecule has 3 heterocycles. The molecular formula is C29H34N2O5. The van der Waals surface area contributed by atoms with E-state index in [-0.39, 0.29) is 23.7 Å². The van der Waals surface area contributed by atoms with E-state index in [1.54, 1.807) is 35.6 Å². The highest BCUT2D eigenvalue weighted by Gasteiger charge is 2.73. The number of aliphatic hydroxyl groups is 1. The minimum absolute atomic E-state index is 0.0314. The predicted molar refractivity (Wildman–Crippen MR) is 134 cm³/mol. The molecule has 1 aromatic heterocycles. The lowest BCUT2D eigenvalue weighted by Gasteiger charge is -2.65. The van der Waals surface area contributed by atoms with Gasteiger partial charge in [0.15, 0.2) is 11.5 Å². The number of amides is 1. The van der Waals surface area contributed by atoms with E-state index in [4.69, 9.17) is 9.15 Å². The minimum Gasteiger partial charge on any atom is -0.504 e. The van der Waals surface area contributed by atoms with Gasteiger partial charge in [-0.1, -0.05) is 12.5 Å². The predicted octanol–water partition coefficient (Wildman–Crippen LogP) is 3.48. The molecule has 7 heteroatoms. The summed E-state index contributed by atoms with van der Waals surface area (Å²) in [7, 11) is 1.83. The third kappa shape index (κ3) is 2.90. The molecule has 2 aromatic rings. The van der Waals surface area contributed by atoms with Gasteiger partial charge in [0.25, 0.3) is 0 Å². The van der Waals surface area contributed by atoms with Crippen molar-refractivity contribution in [1.82, 2.24) is 9.80 Å². The minimum atomic E-state index is -0.946. The molecule has 5 atom stereocenters. The number of benzene rings is 1. The molecule has 1 saturated heterocycles. The quantitative estimate of drug-likeness (QED) is 0.625. The van der Waals surface area contributed by atoms with Crippen molar-refractivity contribution in [3.63, 3.8) is 0 Å². The average molecular weight is 491 g/mol. The first-order valence-electron chi connectivity index (χ1n) is 13.4. The zero-order valence-corrected chi connectivity index (χ0v) is 20.7. The highest BCUT2D eigenvalue weighted by molar-refractivity contribution is 5.91. The molecule has 5 aliphatic rings. The van der Waals surface area contributed by atoms with Gasteiger partial charge in [-0.2, -0.15) is 0 Å². The molecule has 36 heavy (non-hydrogen) atoms. The molecule has 2 bridgehead atoms. The van der Waals surface area contributed by atoms with Crippen LogP contribution < -0.4 is 4.74 Å². The first-order chi connectivity index (χ1) is 17.4. The van der Waals surface area contributed by atoms with E-state index in [9.17, 15) is 15.0 Å². The summed E-state index contributed by atoms with van der Waals surface area (Å²) in [5.41, 5.74) is 1.43. The van der Waals surface area contributed by atoms with E-state index < -0.39 is 17.1 Å². The number of likely N-dealkylation sites (N-methyl/N-ethyl adjacent to an activating group) is 1. The number of likely N-dealkylation sites (tertiary alicyclic amines) is 1. The van der Waals surface area contributed by atoms with Crippen LogP contribution in [0, 0.1) is 5.92 Å². The Morgan fingerprint density at radius 2 is 2.11 bits per heavy atom. The number of phenolic OH excluding ortho intramolecular Hbond substituents is 1. The van der Waals surface area contributed by atoms with Crippen LogP contribution in [-0.4, -0.2) is 69.8 Å². The fraction of sp³-hybridized carbons (Fsp3) is 0.552. The van der Waals surface area contributed by atoms with Gasteiger partial charge in [0.2, 0.25) is 5.91 Å². The normalized spacial score (nSPS) is 34.8. The maximum Gasteiger partial charge on any atom is 0.246 e. The number of hydrogen-bond acceptors (Lipinski definition) is 6. The number of aromatic hydroxyl groups is 1. The molecule has 0 radical (unpaired) electrons. The summed E-state index contributed by atoms with van der Waals surface area (Å²) in [4.78, 5) is 17.5. The van der Waals surface area contributed by atoms with Crippen molar-refractivity contribution in [2.45, 2.75) is 74.1 Å². The highest BCUT2D eigenvalue weighted by Crippen LogP contribution is 2.65. The molecule has 190 valence electrons. The molecule has 2 aliphatic heterocycles. The number of ether oxygens (including phenoxy) is 1. The van der Waals surface area contributed by atoms with Crippen molar-refractivity contribution in [2.24, 2.45) is 5.92 Å². The number of hydrogen-bond donors (Lipinski definition) is 2. The van der Waals surface area contributed by atoms with E-state index in [1.165, 1.54) is 24.8 Å². The van der Waals surface area contributed by atoms with Gasteiger partial charge in [-0.3, -0.25) is 9.69 Å². The van der Waals surface area contributed by atoms with Crippen LogP contribution in [0.1, 0.15) is 55.2 Å². The van der Waals surface area contributed by atoms with Crippen LogP contribution >= 0.6 is 0 Å². The molecule has 2 N–H and O–H groups in total. The van der Waals surface area contributed by atoms with Gasteiger partial charge in [-0.05, 0) is 74.8 Å². The lowest BCUT2D eigenvalue weighted by atomic mass is 9.48. The third-order valence-corrected chi connectivity index (χ3v) is 10.1. The number of nitrogens with zero attached hydrogens (tertiary/aromatic N) is 2. The summed E-state index contributed by atoms with van der Waals surface area (Å²) in [5, 5.41) is 23.4. The van der Waals surface area contributed by atoms with Gasteiger partial charge < -0.3 is 24.3 Å². The summed E-state index contributed by atoms with van der Waals surface area (Å²) in [6.45, 7) is 1.96. The van der Waals surface area contributed by atoms with Gasteiger partial charge in [0.1, 0.15) is 6.10 Å². The van der Waals surface area contributed by atoms with Crippen LogP contribution in [0.25, 0.3) is 6.08 Å². The third-order valence-electron chi connectivity index (χ3n) is 10.1. The van der Waals surface area contributed by atoms with E-state index in [2.05, 4.69) is 4.90 Å². The van der Waals surface area contributed by atoms with Crippen molar-refractivity contribution >= 4 is 12.0 Å². The molecule has 2 saturated carbocycles. The van der Waals surface area contributed by atoms with E-state index >= 15 is 0 Å². The van der Waals surface area contributed by atoms with Gasteiger partial charge in [-0.15, -0.1) is 0 Å². The van der Waals surface area contributed by atoms with Crippen molar-refractivity contribution in [2.75, 3.05) is 20.1 Å². The second-order valence-electron chi connectivity index (χ2n) is 11.6. The van der Waals surface area contributed by atoms with Gasteiger partial charge in [0, 0.05) is 36.8 Å². The monoisotopic (exact) mass is 490 g/mol. The standard InChI is InChI=1S/C29H34N2O5/c1-30(24(33)8-5-19-10-14-35-17-19)21-9-11-29(34)23-15-20-6-7-22(32)26-25(20)28(29,27(21)36-26)12-13-31(23)16-18-3-2-4-18/h5-8,10,14,17-18,21,23,27,32,34H,2-4,9,11-13,15-16H2,1H3/b8-5+/t21-,23+,27-,28-,29+/m0/s1. The molecular weight excluding hydrogens is 456 g/mol. The number of phenols is 1.